The highest BCUT2D eigenvalue weighted by Crippen LogP contribution is 2.16. The highest BCUT2D eigenvalue weighted by molar-refractivity contribution is 5.94. The third kappa shape index (κ3) is 7.78. The number of ketones is 1. The molecule has 0 aliphatic heterocycles. The molecule has 0 heterocycles. The lowest BCUT2D eigenvalue weighted by atomic mass is 10.00. The molecule has 0 radical (unpaired) electrons. The Balaban J connectivity index is 5.13. The van der Waals surface area contributed by atoms with Crippen LogP contribution in [-0.2, 0) is 9.59 Å². The molecule has 1 amide bonds. The lowest BCUT2D eigenvalue weighted by Gasteiger charge is -2.24. The lowest BCUT2D eigenvalue weighted by Crippen LogP contribution is -2.44. The summed E-state index contributed by atoms with van der Waals surface area (Å²) < 4.78 is 0. The number of nitrogens with one attached hydrogen (secondary N) is 1. The fraction of sp³-hybridized carbons (Fsp3) is 0.625. The molecular formula is C16H29N3O2. The van der Waals surface area contributed by atoms with E-state index in [0.717, 1.165) is 12.1 Å². The molecule has 0 aromatic rings. The number of nitrogens with zero attached hydrogens (tertiary/aromatic N) is 2. The zero-order valence-electron chi connectivity index (χ0n) is 14.2. The standard InChI is InChI=1S/C16H29N3O2/c1-7-8-9-15(12-13(2)20)14(3)16(21)19(17-4)11-10-18(5)6/h7-8,17H,9-12H2,1-6H3/b8-7?,15-14-. The van der Waals surface area contributed by atoms with E-state index >= 15 is 0 Å². The molecule has 0 fully saturated rings. The van der Waals surface area contributed by atoms with E-state index in [1.807, 2.05) is 38.1 Å². The number of rotatable bonds is 9. The van der Waals surface area contributed by atoms with E-state index in [2.05, 4.69) is 5.43 Å². The topological polar surface area (TPSA) is 52.7 Å². The maximum absolute atomic E-state index is 12.5. The number of hydrogen-bond acceptors (Lipinski definition) is 4. The van der Waals surface area contributed by atoms with E-state index in [0.29, 0.717) is 25.0 Å². The van der Waals surface area contributed by atoms with E-state index in [9.17, 15) is 9.59 Å². The second kappa shape index (κ2) is 10.3. The Morgan fingerprint density at radius 2 is 1.76 bits per heavy atom. The van der Waals surface area contributed by atoms with Crippen molar-refractivity contribution in [3.05, 3.63) is 23.3 Å². The van der Waals surface area contributed by atoms with Gasteiger partial charge in [0.05, 0.1) is 6.54 Å². The van der Waals surface area contributed by atoms with Crippen molar-refractivity contribution in [1.29, 1.82) is 0 Å². The molecule has 0 aliphatic carbocycles. The van der Waals surface area contributed by atoms with Crippen molar-refractivity contribution in [2.45, 2.75) is 33.6 Å². The van der Waals surface area contributed by atoms with Crippen LogP contribution in [0.5, 0.6) is 0 Å². The Kier molecular flexibility index (Phi) is 9.58. The molecule has 0 aliphatic rings. The van der Waals surface area contributed by atoms with Gasteiger partial charge in [-0.3, -0.25) is 14.6 Å². The largest absolute Gasteiger partial charge is 0.308 e. The molecule has 120 valence electrons. The normalized spacial score (nSPS) is 12.7. The minimum Gasteiger partial charge on any atom is -0.308 e. The van der Waals surface area contributed by atoms with Gasteiger partial charge in [0.15, 0.2) is 0 Å². The molecule has 5 nitrogen and oxygen atoms in total. The summed E-state index contributed by atoms with van der Waals surface area (Å²) in [4.78, 5) is 25.9. The van der Waals surface area contributed by atoms with Crippen LogP contribution in [0.4, 0.5) is 0 Å². The lowest BCUT2D eigenvalue weighted by molar-refractivity contribution is -0.130. The summed E-state index contributed by atoms with van der Waals surface area (Å²) in [5.41, 5.74) is 4.46. The molecule has 5 heteroatoms. The van der Waals surface area contributed by atoms with Gasteiger partial charge in [-0.1, -0.05) is 17.7 Å². The average Bonchev–Trinajstić information content (AvgIpc) is 2.42. The average molecular weight is 295 g/mol. The number of likely N-dealkylation sites (N-methyl/N-ethyl adjacent to an activating group) is 1. The van der Waals surface area contributed by atoms with E-state index < -0.39 is 0 Å². The first kappa shape index (κ1) is 19.5. The Bertz CT molecular complexity index is 412. The molecule has 0 aromatic carbocycles. The van der Waals surface area contributed by atoms with Crippen molar-refractivity contribution in [1.82, 2.24) is 15.3 Å². The fourth-order valence-electron chi connectivity index (χ4n) is 1.89. The van der Waals surface area contributed by atoms with Crippen molar-refractivity contribution in [2.24, 2.45) is 0 Å². The predicted molar refractivity (Wildman–Crippen MR) is 86.8 cm³/mol. The molecule has 0 aromatic heterocycles. The molecule has 1 N–H and O–H groups in total. The van der Waals surface area contributed by atoms with E-state index in [4.69, 9.17) is 0 Å². The summed E-state index contributed by atoms with van der Waals surface area (Å²) in [6.45, 7) is 6.65. The van der Waals surface area contributed by atoms with Crippen LogP contribution in [0.1, 0.15) is 33.6 Å². The number of carbonyl (C=O) groups excluding carboxylic acids is 2. The molecule has 0 saturated carbocycles. The van der Waals surface area contributed by atoms with Crippen molar-refractivity contribution < 1.29 is 9.59 Å². The van der Waals surface area contributed by atoms with Crippen LogP contribution in [0.2, 0.25) is 0 Å². The predicted octanol–water partition coefficient (Wildman–Crippen LogP) is 1.77. The molecule has 0 bridgehead atoms. The Morgan fingerprint density at radius 1 is 1.14 bits per heavy atom. The second-order valence-corrected chi connectivity index (χ2v) is 5.36. The van der Waals surface area contributed by atoms with E-state index in [1.165, 1.54) is 0 Å². The first-order valence-electron chi connectivity index (χ1n) is 7.26. The zero-order chi connectivity index (χ0) is 16.4. The quantitative estimate of drug-likeness (QED) is 0.400. The molecule has 21 heavy (non-hydrogen) atoms. The van der Waals surface area contributed by atoms with Crippen LogP contribution in [-0.4, -0.2) is 55.8 Å². The maximum atomic E-state index is 12.5. The minimum atomic E-state index is -0.0693. The van der Waals surface area contributed by atoms with Gasteiger partial charge in [-0.2, -0.15) is 0 Å². The van der Waals surface area contributed by atoms with Gasteiger partial charge in [-0.05, 0) is 41.3 Å². The summed E-state index contributed by atoms with van der Waals surface area (Å²) in [6.07, 6.45) is 4.87. The summed E-state index contributed by atoms with van der Waals surface area (Å²) in [7, 11) is 5.67. The number of allylic oxidation sites excluding steroid dienone is 3. The zero-order valence-corrected chi connectivity index (χ0v) is 14.2. The highest BCUT2D eigenvalue weighted by atomic mass is 16.2. The molecule has 0 rings (SSSR count). The first-order chi connectivity index (χ1) is 9.83. The van der Waals surface area contributed by atoms with Crippen molar-refractivity contribution in [3.63, 3.8) is 0 Å². The summed E-state index contributed by atoms with van der Waals surface area (Å²) >= 11 is 0. The van der Waals surface area contributed by atoms with Gasteiger partial charge in [-0.25, -0.2) is 5.43 Å². The van der Waals surface area contributed by atoms with E-state index in [1.54, 1.807) is 25.9 Å². The summed E-state index contributed by atoms with van der Waals surface area (Å²) in [5.74, 6) is 0.00561. The van der Waals surface area contributed by atoms with Gasteiger partial charge < -0.3 is 4.90 Å². The molecular weight excluding hydrogens is 266 g/mol. The molecule has 0 unspecified atom stereocenters. The smallest absolute Gasteiger partial charge is 0.263 e. The fourth-order valence-corrected chi connectivity index (χ4v) is 1.89. The molecule has 0 atom stereocenters. The maximum Gasteiger partial charge on any atom is 0.263 e. The number of amides is 1. The second-order valence-electron chi connectivity index (χ2n) is 5.36. The third-order valence-corrected chi connectivity index (χ3v) is 3.20. The van der Waals surface area contributed by atoms with Crippen LogP contribution >= 0.6 is 0 Å². The van der Waals surface area contributed by atoms with Crippen LogP contribution < -0.4 is 5.43 Å². The van der Waals surface area contributed by atoms with E-state index in [-0.39, 0.29) is 11.7 Å². The Morgan fingerprint density at radius 3 is 2.19 bits per heavy atom. The highest BCUT2D eigenvalue weighted by Gasteiger charge is 2.17. The van der Waals surface area contributed by atoms with Gasteiger partial charge in [0.25, 0.3) is 5.91 Å². The van der Waals surface area contributed by atoms with Crippen LogP contribution in [0.3, 0.4) is 0 Å². The Hall–Kier alpha value is -1.46. The van der Waals surface area contributed by atoms with Crippen molar-refractivity contribution in [3.8, 4) is 0 Å². The molecule has 0 spiro atoms. The van der Waals surface area contributed by atoms with Crippen LogP contribution in [0.15, 0.2) is 23.3 Å². The van der Waals surface area contributed by atoms with Gasteiger partial charge in [0, 0.05) is 25.6 Å². The summed E-state index contributed by atoms with van der Waals surface area (Å²) in [6, 6.07) is 0. The first-order valence-corrected chi connectivity index (χ1v) is 7.26. The van der Waals surface area contributed by atoms with Gasteiger partial charge in [-0.15, -0.1) is 0 Å². The third-order valence-electron chi connectivity index (χ3n) is 3.20. The van der Waals surface area contributed by atoms with Crippen molar-refractivity contribution >= 4 is 11.7 Å². The molecule has 0 saturated heterocycles. The number of hydrazine groups is 1. The Labute approximate surface area is 128 Å². The monoisotopic (exact) mass is 295 g/mol. The number of hydrogen-bond donors (Lipinski definition) is 1. The van der Waals surface area contributed by atoms with Crippen LogP contribution in [0.25, 0.3) is 0 Å². The SMILES string of the molecule is CC=CC/C(CC(C)=O)=C(\C)C(=O)N(CCN(C)C)NC. The van der Waals surface area contributed by atoms with Gasteiger partial charge in [0.1, 0.15) is 5.78 Å². The number of carbonyl (C=O) groups is 2. The van der Waals surface area contributed by atoms with Gasteiger partial charge in [0.2, 0.25) is 0 Å². The summed E-state index contributed by atoms with van der Waals surface area (Å²) in [5, 5.41) is 1.59. The van der Waals surface area contributed by atoms with Crippen LogP contribution in [0, 0.1) is 0 Å². The van der Waals surface area contributed by atoms with Gasteiger partial charge >= 0.3 is 0 Å². The minimum absolute atomic E-state index is 0.0693. The van der Waals surface area contributed by atoms with Crippen molar-refractivity contribution in [2.75, 3.05) is 34.2 Å². The number of Topliss-reactive ketones (excluding diaryl/α,β-unsaturated/α-hetero) is 1.